The number of nitrogens with zero attached hydrogens (tertiary/aromatic N) is 5. The molecule has 164 valence electrons. The number of hydrogen-bond acceptors (Lipinski definition) is 6. The van der Waals surface area contributed by atoms with Gasteiger partial charge in [0.25, 0.3) is 0 Å². The highest BCUT2D eigenvalue weighted by Gasteiger charge is 2.21. The lowest BCUT2D eigenvalue weighted by atomic mass is 10.1. The fourth-order valence-corrected chi connectivity index (χ4v) is 4.13. The second-order valence-corrected chi connectivity index (χ2v) is 7.89. The number of aromatic amines is 1. The van der Waals surface area contributed by atoms with Gasteiger partial charge in [0.05, 0.1) is 11.8 Å². The van der Waals surface area contributed by atoms with Crippen molar-refractivity contribution in [2.24, 2.45) is 0 Å². The molecule has 4 aromatic rings. The number of amides is 1. The van der Waals surface area contributed by atoms with Crippen molar-refractivity contribution in [3.63, 3.8) is 0 Å². The quantitative estimate of drug-likeness (QED) is 0.491. The minimum Gasteiger partial charge on any atom is -0.368 e. The first-order valence-electron chi connectivity index (χ1n) is 10.9. The van der Waals surface area contributed by atoms with E-state index in [1.165, 1.54) is 0 Å². The van der Waals surface area contributed by atoms with Gasteiger partial charge in [-0.15, -0.1) is 0 Å². The second kappa shape index (κ2) is 9.01. The van der Waals surface area contributed by atoms with Gasteiger partial charge in [-0.1, -0.05) is 18.2 Å². The summed E-state index contributed by atoms with van der Waals surface area (Å²) >= 11 is 0. The fraction of sp³-hybridized carbons (Fsp3) is 0.200. The second-order valence-electron chi connectivity index (χ2n) is 7.89. The van der Waals surface area contributed by atoms with Crippen molar-refractivity contribution in [1.29, 1.82) is 5.26 Å². The molecule has 8 nitrogen and oxygen atoms in total. The van der Waals surface area contributed by atoms with E-state index in [0.717, 1.165) is 46.6 Å². The molecule has 1 saturated heterocycles. The molecule has 1 fully saturated rings. The lowest BCUT2D eigenvalue weighted by Crippen LogP contribution is -2.48. The monoisotopic (exact) mass is 437 g/mol. The first-order valence-corrected chi connectivity index (χ1v) is 10.9. The highest BCUT2D eigenvalue weighted by Crippen LogP contribution is 2.28. The summed E-state index contributed by atoms with van der Waals surface area (Å²) in [5.74, 6) is 0.446. The van der Waals surface area contributed by atoms with Gasteiger partial charge in [-0.3, -0.25) is 4.79 Å². The number of carbonyl (C=O) groups is 1. The predicted molar refractivity (Wildman–Crippen MR) is 128 cm³/mol. The molecule has 0 aliphatic carbocycles. The van der Waals surface area contributed by atoms with Crippen LogP contribution in [0.2, 0.25) is 0 Å². The molecule has 3 heterocycles. The molecule has 1 aliphatic rings. The molecule has 1 amide bonds. The summed E-state index contributed by atoms with van der Waals surface area (Å²) in [6, 6.07) is 20.1. The van der Waals surface area contributed by atoms with Gasteiger partial charge in [-0.05, 0) is 36.4 Å². The van der Waals surface area contributed by atoms with Crippen molar-refractivity contribution in [2.75, 3.05) is 36.4 Å². The van der Waals surface area contributed by atoms with Gasteiger partial charge < -0.3 is 20.1 Å². The molecule has 0 saturated carbocycles. The SMILES string of the molecule is N#CCC(=O)N1CCN(c2ccc(Nc3nccc(-c4c[nH]c5ccccc45)n3)cc2)CC1. The van der Waals surface area contributed by atoms with Gasteiger partial charge >= 0.3 is 0 Å². The molecule has 2 N–H and O–H groups in total. The minimum absolute atomic E-state index is 0.0516. The van der Waals surface area contributed by atoms with Crippen LogP contribution in [0.4, 0.5) is 17.3 Å². The summed E-state index contributed by atoms with van der Waals surface area (Å²) in [5, 5.41) is 13.1. The number of para-hydroxylation sites is 1. The van der Waals surface area contributed by atoms with Crippen molar-refractivity contribution in [3.05, 3.63) is 67.0 Å². The zero-order valence-corrected chi connectivity index (χ0v) is 18.0. The fourth-order valence-electron chi connectivity index (χ4n) is 4.13. The van der Waals surface area contributed by atoms with Gasteiger partial charge in [-0.2, -0.15) is 5.26 Å². The summed E-state index contributed by atoms with van der Waals surface area (Å²) in [6.07, 6.45) is 3.68. The Balaban J connectivity index is 1.25. The number of fused-ring (bicyclic) bond motifs is 1. The van der Waals surface area contributed by atoms with Crippen LogP contribution in [-0.2, 0) is 4.79 Å². The molecule has 0 bridgehead atoms. The average Bonchev–Trinajstić information content (AvgIpc) is 3.29. The third-order valence-electron chi connectivity index (χ3n) is 5.87. The van der Waals surface area contributed by atoms with Crippen molar-refractivity contribution in [1.82, 2.24) is 19.9 Å². The Labute approximate surface area is 191 Å². The van der Waals surface area contributed by atoms with Crippen molar-refractivity contribution in [3.8, 4) is 17.3 Å². The van der Waals surface area contributed by atoms with Crippen LogP contribution in [0.3, 0.4) is 0 Å². The third kappa shape index (κ3) is 4.34. The van der Waals surface area contributed by atoms with Crippen LogP contribution in [-0.4, -0.2) is 51.9 Å². The molecule has 2 aromatic carbocycles. The topological polar surface area (TPSA) is 101 Å². The Morgan fingerprint density at radius 2 is 1.85 bits per heavy atom. The summed E-state index contributed by atoms with van der Waals surface area (Å²) in [7, 11) is 0. The maximum absolute atomic E-state index is 11.9. The Bertz CT molecular complexity index is 1310. The summed E-state index contributed by atoms with van der Waals surface area (Å²) in [4.78, 5) is 28.2. The normalized spacial score (nSPS) is 13.7. The van der Waals surface area contributed by atoms with Gasteiger partial charge in [0.1, 0.15) is 6.42 Å². The van der Waals surface area contributed by atoms with E-state index in [4.69, 9.17) is 10.2 Å². The van der Waals surface area contributed by atoms with E-state index in [2.05, 4.69) is 38.4 Å². The maximum atomic E-state index is 11.9. The number of carbonyl (C=O) groups excluding carboxylic acids is 1. The molecule has 2 aromatic heterocycles. The number of hydrogen-bond donors (Lipinski definition) is 2. The van der Waals surface area contributed by atoms with E-state index >= 15 is 0 Å². The molecule has 5 rings (SSSR count). The number of nitriles is 1. The smallest absolute Gasteiger partial charge is 0.236 e. The molecule has 0 radical (unpaired) electrons. The van der Waals surface area contributed by atoms with E-state index in [1.807, 2.05) is 48.7 Å². The summed E-state index contributed by atoms with van der Waals surface area (Å²) < 4.78 is 0. The van der Waals surface area contributed by atoms with Crippen molar-refractivity contribution >= 4 is 34.1 Å². The number of benzene rings is 2. The standard InChI is InChI=1S/C25H23N7O/c26-11-9-24(33)32-15-13-31(14-16-32)19-7-5-18(6-8-19)29-25-27-12-10-23(30-25)21-17-28-22-4-2-1-3-20(21)22/h1-8,10,12,17,28H,9,13-16H2,(H,27,29,30). The van der Waals surface area contributed by atoms with Crippen LogP contribution >= 0.6 is 0 Å². The molecule has 0 unspecified atom stereocenters. The van der Waals surface area contributed by atoms with Crippen LogP contribution in [0.15, 0.2) is 67.0 Å². The van der Waals surface area contributed by atoms with E-state index in [1.54, 1.807) is 11.1 Å². The summed E-state index contributed by atoms with van der Waals surface area (Å²) in [6.45, 7) is 2.77. The number of rotatable bonds is 5. The van der Waals surface area contributed by atoms with Crippen molar-refractivity contribution in [2.45, 2.75) is 6.42 Å². The van der Waals surface area contributed by atoms with Gasteiger partial charge in [0.15, 0.2) is 0 Å². The molecular weight excluding hydrogens is 414 g/mol. The lowest BCUT2D eigenvalue weighted by molar-refractivity contribution is -0.130. The maximum Gasteiger partial charge on any atom is 0.236 e. The minimum atomic E-state index is -0.0911. The van der Waals surface area contributed by atoms with Crippen molar-refractivity contribution < 1.29 is 4.79 Å². The van der Waals surface area contributed by atoms with Gasteiger partial charge in [0, 0.05) is 66.4 Å². The Morgan fingerprint density at radius 3 is 2.64 bits per heavy atom. The number of nitrogens with one attached hydrogen (secondary N) is 2. The average molecular weight is 438 g/mol. The predicted octanol–water partition coefficient (Wildman–Crippen LogP) is 3.93. The molecule has 33 heavy (non-hydrogen) atoms. The first-order chi connectivity index (χ1) is 16.2. The highest BCUT2D eigenvalue weighted by atomic mass is 16.2. The molecule has 0 spiro atoms. The Morgan fingerprint density at radius 1 is 1.06 bits per heavy atom. The van der Waals surface area contributed by atoms with E-state index in [0.29, 0.717) is 19.0 Å². The molecule has 0 atom stereocenters. The summed E-state index contributed by atoms with van der Waals surface area (Å²) in [5.41, 5.74) is 4.97. The first kappa shape index (κ1) is 20.5. The van der Waals surface area contributed by atoms with E-state index in [9.17, 15) is 4.79 Å². The zero-order valence-electron chi connectivity index (χ0n) is 18.0. The Hall–Kier alpha value is -4.38. The van der Waals surface area contributed by atoms with Crippen LogP contribution in [0.25, 0.3) is 22.2 Å². The van der Waals surface area contributed by atoms with Crippen LogP contribution in [0.5, 0.6) is 0 Å². The largest absolute Gasteiger partial charge is 0.368 e. The van der Waals surface area contributed by atoms with E-state index < -0.39 is 0 Å². The molecule has 8 heteroatoms. The highest BCUT2D eigenvalue weighted by molar-refractivity contribution is 5.94. The van der Waals surface area contributed by atoms with Crippen LogP contribution in [0.1, 0.15) is 6.42 Å². The zero-order chi connectivity index (χ0) is 22.6. The number of aromatic nitrogens is 3. The Kier molecular flexibility index (Phi) is 5.60. The van der Waals surface area contributed by atoms with Gasteiger partial charge in [-0.25, -0.2) is 9.97 Å². The van der Waals surface area contributed by atoms with Crippen LogP contribution in [0, 0.1) is 11.3 Å². The molecule has 1 aliphatic heterocycles. The third-order valence-corrected chi connectivity index (χ3v) is 5.87. The van der Waals surface area contributed by atoms with Gasteiger partial charge in [0.2, 0.25) is 11.9 Å². The van der Waals surface area contributed by atoms with E-state index in [-0.39, 0.29) is 12.3 Å². The number of anilines is 3. The molecular formula is C25H23N7O. The number of H-pyrrole nitrogens is 1. The van der Waals surface area contributed by atoms with Crippen LogP contribution < -0.4 is 10.2 Å². The lowest BCUT2D eigenvalue weighted by Gasteiger charge is -2.35. The number of piperazine rings is 1.